The molecule has 28 heavy (non-hydrogen) atoms. The second-order valence-electron chi connectivity index (χ2n) is 7.33. The van der Waals surface area contributed by atoms with E-state index in [1.807, 2.05) is 59.5 Å². The van der Waals surface area contributed by atoms with Crippen molar-refractivity contribution in [1.82, 2.24) is 9.80 Å². The van der Waals surface area contributed by atoms with Crippen LogP contribution >= 0.6 is 0 Å². The van der Waals surface area contributed by atoms with Crippen molar-refractivity contribution >= 4 is 11.8 Å². The van der Waals surface area contributed by atoms with Gasteiger partial charge >= 0.3 is 0 Å². The first-order valence-corrected chi connectivity index (χ1v) is 9.70. The molecule has 2 fully saturated rings. The van der Waals surface area contributed by atoms with Crippen LogP contribution in [0.4, 0.5) is 0 Å². The molecule has 0 aromatic heterocycles. The average Bonchev–Trinajstić information content (AvgIpc) is 3.21. The zero-order valence-corrected chi connectivity index (χ0v) is 15.5. The molecule has 0 bridgehead atoms. The molecule has 0 saturated carbocycles. The number of ether oxygens (including phenoxy) is 2. The molecule has 144 valence electrons. The normalized spacial score (nSPS) is 26.7. The van der Waals surface area contributed by atoms with Crippen molar-refractivity contribution in [2.24, 2.45) is 0 Å². The summed E-state index contributed by atoms with van der Waals surface area (Å²) in [7, 11) is 0. The van der Waals surface area contributed by atoms with Crippen LogP contribution in [0.5, 0.6) is 0 Å². The van der Waals surface area contributed by atoms with E-state index in [1.54, 1.807) is 4.90 Å². The third kappa shape index (κ3) is 2.41. The first kappa shape index (κ1) is 17.4. The summed E-state index contributed by atoms with van der Waals surface area (Å²) in [5.41, 5.74) is 1.06. The van der Waals surface area contributed by atoms with Crippen molar-refractivity contribution in [3.63, 3.8) is 0 Å². The number of hydrogen-bond acceptors (Lipinski definition) is 4. The summed E-state index contributed by atoms with van der Waals surface area (Å²) in [4.78, 5) is 30.7. The minimum absolute atomic E-state index is 0.0148. The number of rotatable bonds is 2. The Balaban J connectivity index is 1.72. The summed E-state index contributed by atoms with van der Waals surface area (Å²) in [5.74, 6) is -0.702. The highest BCUT2D eigenvalue weighted by Crippen LogP contribution is 2.51. The Hall–Kier alpha value is -2.70. The molecule has 3 aliphatic heterocycles. The van der Waals surface area contributed by atoms with Gasteiger partial charge in [0.1, 0.15) is 5.92 Å². The molecule has 3 aliphatic rings. The molecule has 2 amide bonds. The van der Waals surface area contributed by atoms with Crippen LogP contribution in [0.15, 0.2) is 54.6 Å². The van der Waals surface area contributed by atoms with E-state index >= 15 is 0 Å². The number of nitrogens with zero attached hydrogens (tertiary/aromatic N) is 2. The van der Waals surface area contributed by atoms with Crippen molar-refractivity contribution in [1.29, 1.82) is 0 Å². The summed E-state index contributed by atoms with van der Waals surface area (Å²) < 4.78 is 11.7. The number of carbonyl (C=O) groups excluding carboxylic acids is 2. The lowest BCUT2D eigenvalue weighted by Crippen LogP contribution is -2.58. The van der Waals surface area contributed by atoms with E-state index in [0.29, 0.717) is 45.0 Å². The van der Waals surface area contributed by atoms with E-state index in [-0.39, 0.29) is 11.8 Å². The highest BCUT2D eigenvalue weighted by molar-refractivity contribution is 6.02. The topological polar surface area (TPSA) is 59.1 Å². The average molecular weight is 378 g/mol. The lowest BCUT2D eigenvalue weighted by molar-refractivity contribution is -0.155. The molecule has 3 heterocycles. The summed E-state index contributed by atoms with van der Waals surface area (Å²) in [6.45, 7) is 3.03. The van der Waals surface area contributed by atoms with Gasteiger partial charge in [0.15, 0.2) is 5.72 Å². The van der Waals surface area contributed by atoms with Gasteiger partial charge in [0.25, 0.3) is 5.91 Å². The Morgan fingerprint density at radius 1 is 0.929 bits per heavy atom. The molecule has 0 aliphatic carbocycles. The second-order valence-corrected chi connectivity index (χ2v) is 7.33. The molecule has 2 saturated heterocycles. The van der Waals surface area contributed by atoms with Crippen molar-refractivity contribution in [2.45, 2.75) is 11.6 Å². The van der Waals surface area contributed by atoms with Crippen LogP contribution in [0, 0.1) is 0 Å². The van der Waals surface area contributed by atoms with Crippen molar-refractivity contribution < 1.29 is 19.1 Å². The molecule has 0 unspecified atom stereocenters. The van der Waals surface area contributed by atoms with Crippen LogP contribution in [0.1, 0.15) is 27.4 Å². The molecular weight excluding hydrogens is 356 g/mol. The fourth-order valence-electron chi connectivity index (χ4n) is 4.68. The SMILES string of the molecule is O=C([C@H]1c2ccccc2C(=O)N2CCO[C@@]12c1ccccc1)N1CCOCC1. The van der Waals surface area contributed by atoms with E-state index in [9.17, 15) is 9.59 Å². The zero-order chi connectivity index (χ0) is 19.1. The lowest BCUT2D eigenvalue weighted by Gasteiger charge is -2.48. The molecule has 0 N–H and O–H groups in total. The minimum Gasteiger partial charge on any atom is -0.378 e. The van der Waals surface area contributed by atoms with Crippen molar-refractivity contribution in [3.05, 3.63) is 71.3 Å². The van der Waals surface area contributed by atoms with E-state index in [1.165, 1.54) is 0 Å². The predicted molar refractivity (Wildman–Crippen MR) is 102 cm³/mol. The van der Waals surface area contributed by atoms with Crippen molar-refractivity contribution in [3.8, 4) is 0 Å². The van der Waals surface area contributed by atoms with Gasteiger partial charge in [-0.2, -0.15) is 0 Å². The van der Waals surface area contributed by atoms with Crippen LogP contribution in [0.25, 0.3) is 0 Å². The smallest absolute Gasteiger partial charge is 0.256 e. The van der Waals surface area contributed by atoms with Gasteiger partial charge in [0.05, 0.1) is 19.8 Å². The Labute approximate surface area is 163 Å². The molecule has 6 heteroatoms. The first-order valence-electron chi connectivity index (χ1n) is 9.70. The number of benzene rings is 2. The van der Waals surface area contributed by atoms with Gasteiger partial charge in [-0.3, -0.25) is 9.59 Å². The van der Waals surface area contributed by atoms with Gasteiger partial charge in [-0.05, 0) is 11.6 Å². The highest BCUT2D eigenvalue weighted by atomic mass is 16.5. The van der Waals surface area contributed by atoms with E-state index in [0.717, 1.165) is 11.1 Å². The van der Waals surface area contributed by atoms with Crippen LogP contribution < -0.4 is 0 Å². The highest BCUT2D eigenvalue weighted by Gasteiger charge is 2.60. The number of carbonyl (C=O) groups is 2. The molecule has 0 spiro atoms. The monoisotopic (exact) mass is 378 g/mol. The van der Waals surface area contributed by atoms with Crippen LogP contribution in [0.3, 0.4) is 0 Å². The van der Waals surface area contributed by atoms with Gasteiger partial charge < -0.3 is 19.3 Å². The third-order valence-corrected chi connectivity index (χ3v) is 5.93. The van der Waals surface area contributed by atoms with Gasteiger partial charge in [0.2, 0.25) is 5.91 Å². The van der Waals surface area contributed by atoms with Gasteiger partial charge in [-0.1, -0.05) is 48.5 Å². The van der Waals surface area contributed by atoms with Gasteiger partial charge in [0, 0.05) is 30.8 Å². The molecule has 2 aromatic carbocycles. The second kappa shape index (κ2) is 6.72. The Kier molecular flexibility index (Phi) is 4.18. The molecule has 0 radical (unpaired) electrons. The molecule has 5 rings (SSSR count). The lowest BCUT2D eigenvalue weighted by atomic mass is 9.76. The number of hydrogen-bond donors (Lipinski definition) is 0. The van der Waals surface area contributed by atoms with Crippen molar-refractivity contribution in [2.75, 3.05) is 39.5 Å². The van der Waals surface area contributed by atoms with E-state index < -0.39 is 11.6 Å². The molecular formula is C22H22N2O4. The van der Waals surface area contributed by atoms with E-state index in [2.05, 4.69) is 0 Å². The predicted octanol–water partition coefficient (Wildman–Crippen LogP) is 1.97. The largest absolute Gasteiger partial charge is 0.378 e. The Bertz CT molecular complexity index is 910. The number of fused-ring (bicyclic) bond motifs is 2. The minimum atomic E-state index is -1.11. The zero-order valence-electron chi connectivity index (χ0n) is 15.5. The Morgan fingerprint density at radius 3 is 2.43 bits per heavy atom. The summed E-state index contributed by atoms with van der Waals surface area (Å²) in [6.07, 6.45) is 0. The Morgan fingerprint density at radius 2 is 1.64 bits per heavy atom. The van der Waals surface area contributed by atoms with E-state index in [4.69, 9.17) is 9.47 Å². The maximum absolute atomic E-state index is 13.8. The van der Waals surface area contributed by atoms with Gasteiger partial charge in [-0.25, -0.2) is 0 Å². The summed E-state index contributed by atoms with van der Waals surface area (Å²) >= 11 is 0. The van der Waals surface area contributed by atoms with Crippen LogP contribution in [-0.2, 0) is 20.0 Å². The third-order valence-electron chi connectivity index (χ3n) is 5.93. The maximum atomic E-state index is 13.8. The van der Waals surface area contributed by atoms with Crippen LogP contribution in [0.2, 0.25) is 0 Å². The molecule has 6 nitrogen and oxygen atoms in total. The van der Waals surface area contributed by atoms with Gasteiger partial charge in [-0.15, -0.1) is 0 Å². The van der Waals surface area contributed by atoms with Crippen LogP contribution in [-0.4, -0.2) is 61.1 Å². The maximum Gasteiger partial charge on any atom is 0.256 e. The first-order chi connectivity index (χ1) is 13.7. The summed E-state index contributed by atoms with van der Waals surface area (Å²) in [6, 6.07) is 17.1. The molecule has 2 atom stereocenters. The molecule has 2 aromatic rings. The quantitative estimate of drug-likeness (QED) is 0.802. The fourth-order valence-corrected chi connectivity index (χ4v) is 4.68. The fraction of sp³-hybridized carbons (Fsp3) is 0.364. The number of amides is 2. The number of morpholine rings is 1. The summed E-state index contributed by atoms with van der Waals surface area (Å²) in [5, 5.41) is 0. The standard InChI is InChI=1S/C22H22N2O4/c25-20-18-9-5-4-8-17(18)19(21(26)23-10-13-27-14-11-23)22(24(20)12-15-28-22)16-6-2-1-3-7-16/h1-9,19H,10-15H2/t19-,22+/m1/s1.